The molecule has 1 amide bonds. The molecule has 1 aliphatic heterocycles. The third kappa shape index (κ3) is 3.84. The molecule has 1 aliphatic rings. The summed E-state index contributed by atoms with van der Waals surface area (Å²) in [5.74, 6) is -0.128. The van der Waals surface area contributed by atoms with E-state index < -0.39 is 12.7 Å². The van der Waals surface area contributed by atoms with Gasteiger partial charge in [-0.1, -0.05) is 12.1 Å². The lowest BCUT2D eigenvalue weighted by atomic mass is 10.2. The number of carbonyl (C=O) groups is 1. The highest BCUT2D eigenvalue weighted by atomic mass is 79.9. The zero-order valence-corrected chi connectivity index (χ0v) is 15.4. The van der Waals surface area contributed by atoms with Gasteiger partial charge in [0, 0.05) is 42.6 Å². The Morgan fingerprint density at radius 3 is 2.48 bits per heavy atom. The van der Waals surface area contributed by atoms with Crippen LogP contribution in [-0.2, 0) is 6.54 Å². The van der Waals surface area contributed by atoms with E-state index in [1.54, 1.807) is 4.90 Å². The van der Waals surface area contributed by atoms with Crippen molar-refractivity contribution >= 4 is 32.7 Å². The Labute approximate surface area is 152 Å². The number of rotatable bonds is 3. The predicted molar refractivity (Wildman–Crippen MR) is 93.7 cm³/mol. The van der Waals surface area contributed by atoms with E-state index in [4.69, 9.17) is 0 Å². The Kier molecular flexibility index (Phi) is 5.11. The van der Waals surface area contributed by atoms with Gasteiger partial charge in [-0.2, -0.15) is 13.2 Å². The summed E-state index contributed by atoms with van der Waals surface area (Å²) in [7, 11) is 0. The average Bonchev–Trinajstić information content (AvgIpc) is 2.93. The van der Waals surface area contributed by atoms with Crippen molar-refractivity contribution in [2.24, 2.45) is 0 Å². The number of aryl methyl sites for hydroxylation is 1. The molecule has 1 aromatic heterocycles. The van der Waals surface area contributed by atoms with Crippen LogP contribution in [0.5, 0.6) is 0 Å². The Morgan fingerprint density at radius 2 is 1.88 bits per heavy atom. The molecular weight excluding hydrogens is 399 g/mol. The van der Waals surface area contributed by atoms with Crippen LogP contribution in [0.3, 0.4) is 0 Å². The van der Waals surface area contributed by atoms with Gasteiger partial charge in [0.25, 0.3) is 5.91 Å². The molecule has 0 bridgehead atoms. The number of aromatic nitrogens is 1. The maximum Gasteiger partial charge on any atom is 0.401 e. The van der Waals surface area contributed by atoms with Crippen LogP contribution in [-0.4, -0.2) is 59.2 Å². The number of amides is 1. The standard InChI is InChI=1S/C17H19BrF3N3O/c1-2-24-14(10-12-4-3-5-13(18)15(12)24)16(25)23-8-6-22(7-9-23)11-17(19,20)21/h3-5,10H,2,6-9,11H2,1H3. The first-order valence-electron chi connectivity index (χ1n) is 8.16. The number of benzene rings is 1. The smallest absolute Gasteiger partial charge is 0.336 e. The fraction of sp³-hybridized carbons (Fsp3) is 0.471. The minimum atomic E-state index is -4.20. The van der Waals surface area contributed by atoms with Gasteiger partial charge in [0.2, 0.25) is 0 Å². The van der Waals surface area contributed by atoms with Crippen LogP contribution < -0.4 is 0 Å². The lowest BCUT2D eigenvalue weighted by Crippen LogP contribution is -2.51. The van der Waals surface area contributed by atoms with E-state index in [2.05, 4.69) is 15.9 Å². The fourth-order valence-corrected chi connectivity index (χ4v) is 3.90. The van der Waals surface area contributed by atoms with E-state index in [1.165, 1.54) is 4.90 Å². The largest absolute Gasteiger partial charge is 0.401 e. The van der Waals surface area contributed by atoms with Gasteiger partial charge >= 0.3 is 6.18 Å². The zero-order valence-electron chi connectivity index (χ0n) is 13.8. The predicted octanol–water partition coefficient (Wildman–Crippen LogP) is 3.74. The summed E-state index contributed by atoms with van der Waals surface area (Å²) in [6.45, 7) is 2.78. The molecule has 136 valence electrons. The summed E-state index contributed by atoms with van der Waals surface area (Å²) in [4.78, 5) is 15.9. The zero-order chi connectivity index (χ0) is 18.2. The first-order chi connectivity index (χ1) is 11.8. The number of hydrogen-bond acceptors (Lipinski definition) is 2. The Balaban J connectivity index is 1.78. The van der Waals surface area contributed by atoms with Crippen LogP contribution in [0.4, 0.5) is 13.2 Å². The van der Waals surface area contributed by atoms with Crippen LogP contribution in [0.15, 0.2) is 28.7 Å². The third-order valence-electron chi connectivity index (χ3n) is 4.47. The third-order valence-corrected chi connectivity index (χ3v) is 5.11. The highest BCUT2D eigenvalue weighted by molar-refractivity contribution is 9.10. The maximum atomic E-state index is 12.9. The van der Waals surface area contributed by atoms with Gasteiger partial charge in [-0.25, -0.2) is 0 Å². The number of carbonyl (C=O) groups excluding carboxylic acids is 1. The fourth-order valence-electron chi connectivity index (χ4n) is 3.31. The van der Waals surface area contributed by atoms with Gasteiger partial charge < -0.3 is 9.47 Å². The monoisotopic (exact) mass is 417 g/mol. The number of alkyl halides is 3. The molecule has 0 spiro atoms. The van der Waals surface area contributed by atoms with Crippen molar-refractivity contribution in [3.05, 3.63) is 34.4 Å². The molecule has 0 radical (unpaired) electrons. The molecule has 25 heavy (non-hydrogen) atoms. The van der Waals surface area contributed by atoms with Gasteiger partial charge in [-0.3, -0.25) is 9.69 Å². The molecule has 0 N–H and O–H groups in total. The second-order valence-corrected chi connectivity index (χ2v) is 6.99. The van der Waals surface area contributed by atoms with E-state index in [0.717, 1.165) is 15.4 Å². The van der Waals surface area contributed by atoms with Crippen molar-refractivity contribution in [3.8, 4) is 0 Å². The molecule has 1 aromatic carbocycles. The first kappa shape index (κ1) is 18.3. The minimum absolute atomic E-state index is 0.128. The summed E-state index contributed by atoms with van der Waals surface area (Å²) < 4.78 is 40.3. The lowest BCUT2D eigenvalue weighted by Gasteiger charge is -2.35. The normalized spacial score (nSPS) is 16.6. The number of nitrogens with zero attached hydrogens (tertiary/aromatic N) is 3. The molecule has 0 unspecified atom stereocenters. The van der Waals surface area contributed by atoms with Crippen LogP contribution in [0.25, 0.3) is 10.9 Å². The maximum absolute atomic E-state index is 12.9. The lowest BCUT2D eigenvalue weighted by molar-refractivity contribution is -0.148. The molecular formula is C17H19BrF3N3O. The molecule has 1 fully saturated rings. The van der Waals surface area contributed by atoms with Gasteiger partial charge in [-0.05, 0) is 35.0 Å². The molecule has 8 heteroatoms. The SMILES string of the molecule is CCn1c(C(=O)N2CCN(CC(F)(F)F)CC2)cc2cccc(Br)c21. The molecule has 4 nitrogen and oxygen atoms in total. The Morgan fingerprint density at radius 1 is 1.20 bits per heavy atom. The van der Waals surface area contributed by atoms with E-state index in [-0.39, 0.29) is 19.0 Å². The highest BCUT2D eigenvalue weighted by Crippen LogP contribution is 2.28. The van der Waals surface area contributed by atoms with E-state index in [9.17, 15) is 18.0 Å². The van der Waals surface area contributed by atoms with E-state index in [0.29, 0.717) is 25.3 Å². The van der Waals surface area contributed by atoms with Crippen molar-refractivity contribution in [2.45, 2.75) is 19.6 Å². The van der Waals surface area contributed by atoms with Crippen LogP contribution in [0.1, 0.15) is 17.4 Å². The highest BCUT2D eigenvalue weighted by Gasteiger charge is 2.33. The molecule has 2 heterocycles. The molecule has 3 rings (SSSR count). The van der Waals surface area contributed by atoms with E-state index in [1.807, 2.05) is 35.8 Å². The number of halogens is 4. The van der Waals surface area contributed by atoms with Crippen LogP contribution in [0, 0.1) is 0 Å². The summed E-state index contributed by atoms with van der Waals surface area (Å²) in [5.41, 5.74) is 1.54. The van der Waals surface area contributed by atoms with Gasteiger partial charge in [0.05, 0.1) is 12.1 Å². The summed E-state index contributed by atoms with van der Waals surface area (Å²) in [6, 6.07) is 7.65. The summed E-state index contributed by atoms with van der Waals surface area (Å²) in [5, 5.41) is 0.968. The number of para-hydroxylation sites is 1. The molecule has 1 saturated heterocycles. The molecule has 0 saturated carbocycles. The van der Waals surface area contributed by atoms with Crippen molar-refractivity contribution < 1.29 is 18.0 Å². The molecule has 2 aromatic rings. The van der Waals surface area contributed by atoms with Crippen LogP contribution in [0.2, 0.25) is 0 Å². The quantitative estimate of drug-likeness (QED) is 0.760. The Bertz CT molecular complexity index is 779. The van der Waals surface area contributed by atoms with Crippen molar-refractivity contribution in [1.29, 1.82) is 0 Å². The second-order valence-electron chi connectivity index (χ2n) is 6.14. The van der Waals surface area contributed by atoms with Crippen molar-refractivity contribution in [3.63, 3.8) is 0 Å². The summed E-state index contributed by atoms with van der Waals surface area (Å²) in [6.07, 6.45) is -4.20. The van der Waals surface area contributed by atoms with E-state index >= 15 is 0 Å². The average molecular weight is 418 g/mol. The van der Waals surface area contributed by atoms with Crippen molar-refractivity contribution in [2.75, 3.05) is 32.7 Å². The number of fused-ring (bicyclic) bond motifs is 1. The molecule has 0 aliphatic carbocycles. The first-order valence-corrected chi connectivity index (χ1v) is 8.95. The Hall–Kier alpha value is -1.54. The minimum Gasteiger partial charge on any atom is -0.336 e. The second kappa shape index (κ2) is 6.99. The van der Waals surface area contributed by atoms with Crippen molar-refractivity contribution in [1.82, 2.24) is 14.4 Å². The topological polar surface area (TPSA) is 28.5 Å². The molecule has 0 atom stereocenters. The van der Waals surface area contributed by atoms with Gasteiger partial charge in [0.1, 0.15) is 5.69 Å². The van der Waals surface area contributed by atoms with Gasteiger partial charge in [-0.15, -0.1) is 0 Å². The number of hydrogen-bond donors (Lipinski definition) is 0. The van der Waals surface area contributed by atoms with Crippen LogP contribution >= 0.6 is 15.9 Å². The van der Waals surface area contributed by atoms with Gasteiger partial charge in [0.15, 0.2) is 0 Å². The summed E-state index contributed by atoms with van der Waals surface area (Å²) >= 11 is 3.52. The number of piperazine rings is 1.